The highest BCUT2D eigenvalue weighted by Gasteiger charge is 2.25. The summed E-state index contributed by atoms with van der Waals surface area (Å²) in [7, 11) is 0. The lowest BCUT2D eigenvalue weighted by Gasteiger charge is -2.24. The molecule has 4 nitrogen and oxygen atoms in total. The van der Waals surface area contributed by atoms with Gasteiger partial charge in [0.2, 0.25) is 0 Å². The topological polar surface area (TPSA) is 36.1 Å². The van der Waals surface area contributed by atoms with Crippen molar-refractivity contribution in [1.29, 1.82) is 0 Å². The average Bonchev–Trinajstić information content (AvgIpc) is 3.85. The molecule has 216 valence electrons. The van der Waals surface area contributed by atoms with E-state index in [-0.39, 0.29) is 6.04 Å². The molecule has 10 aromatic rings. The maximum atomic E-state index is 6.55. The summed E-state index contributed by atoms with van der Waals surface area (Å²) >= 11 is 0. The van der Waals surface area contributed by atoms with Gasteiger partial charge >= 0.3 is 0 Å². The minimum atomic E-state index is 0.121. The summed E-state index contributed by atoms with van der Waals surface area (Å²) < 4.78 is 18.0. The molecule has 0 aliphatic heterocycles. The number of allylic oxidation sites excluding steroid dienone is 4. The molecule has 1 aliphatic carbocycles. The van der Waals surface area contributed by atoms with Gasteiger partial charge in [0, 0.05) is 50.0 Å². The number of rotatable bonds is 2. The number of para-hydroxylation sites is 4. The van der Waals surface area contributed by atoms with Gasteiger partial charge in [-0.2, -0.15) is 0 Å². The van der Waals surface area contributed by atoms with E-state index in [1.54, 1.807) is 0 Å². The Hall–Kier alpha value is -6.00. The third-order valence-electron chi connectivity index (χ3n) is 10.1. The first kappa shape index (κ1) is 24.3. The summed E-state index contributed by atoms with van der Waals surface area (Å²) in [6, 6.07) is 43.3. The zero-order valence-corrected chi connectivity index (χ0v) is 24.8. The fourth-order valence-corrected chi connectivity index (χ4v) is 8.15. The predicted octanol–water partition coefficient (Wildman–Crippen LogP) is 11.7. The van der Waals surface area contributed by atoms with Crippen LogP contribution in [0.5, 0.6) is 0 Å². The third-order valence-corrected chi connectivity index (χ3v) is 10.1. The quantitative estimate of drug-likeness (QED) is 0.201. The van der Waals surface area contributed by atoms with Crippen LogP contribution in [-0.2, 0) is 0 Å². The molecule has 46 heavy (non-hydrogen) atoms. The van der Waals surface area contributed by atoms with Crippen molar-refractivity contribution in [2.75, 3.05) is 0 Å². The molecule has 0 amide bonds. The molecule has 0 fully saturated rings. The van der Waals surface area contributed by atoms with Crippen molar-refractivity contribution in [3.8, 4) is 0 Å². The minimum absolute atomic E-state index is 0.121. The number of hydrogen-bond acceptors (Lipinski definition) is 2. The van der Waals surface area contributed by atoms with Crippen molar-refractivity contribution in [1.82, 2.24) is 9.13 Å². The van der Waals surface area contributed by atoms with E-state index in [2.05, 4.69) is 137 Å². The molecule has 0 spiro atoms. The van der Waals surface area contributed by atoms with Crippen molar-refractivity contribution >= 4 is 93.2 Å². The lowest BCUT2D eigenvalue weighted by molar-refractivity contribution is 0.645. The van der Waals surface area contributed by atoms with E-state index in [4.69, 9.17) is 8.83 Å². The zero-order valence-electron chi connectivity index (χ0n) is 24.8. The molecule has 4 aromatic heterocycles. The van der Waals surface area contributed by atoms with E-state index in [9.17, 15) is 0 Å². The molecule has 11 rings (SSSR count). The van der Waals surface area contributed by atoms with Crippen molar-refractivity contribution in [2.45, 2.75) is 12.5 Å². The van der Waals surface area contributed by atoms with Gasteiger partial charge in [-0.3, -0.25) is 0 Å². The molecule has 1 aliphatic rings. The number of fused-ring (bicyclic) bond motifs is 14. The molecule has 4 heterocycles. The van der Waals surface area contributed by atoms with Gasteiger partial charge in [-0.05, 0) is 54.6 Å². The van der Waals surface area contributed by atoms with Gasteiger partial charge < -0.3 is 18.0 Å². The Morgan fingerprint density at radius 1 is 0.478 bits per heavy atom. The van der Waals surface area contributed by atoms with Crippen LogP contribution < -0.4 is 0 Å². The van der Waals surface area contributed by atoms with E-state index in [0.29, 0.717) is 0 Å². The first-order valence-corrected chi connectivity index (χ1v) is 15.9. The normalized spacial score (nSPS) is 15.6. The Labute approximate surface area is 262 Å². The second kappa shape index (κ2) is 8.80. The van der Waals surface area contributed by atoms with E-state index in [0.717, 1.165) is 50.3 Å². The van der Waals surface area contributed by atoms with Gasteiger partial charge in [0.05, 0.1) is 33.4 Å². The standard InChI is InChI=1S/C42H26N2O2/c1-5-16-33-31(14-1)39-35(22-20-29-27-12-3-7-18-37(27)45-41(29)39)43(33)25-10-9-11-26(24-25)44-34-17-6-2-15-32(34)40-36(44)23-21-30-28-13-4-8-19-38(28)46-42(30)40/h1-23,25H,24H2. The molecule has 4 heteroatoms. The number of benzene rings is 6. The lowest BCUT2D eigenvalue weighted by atomic mass is 10.0. The van der Waals surface area contributed by atoms with Crippen LogP contribution in [0, 0.1) is 0 Å². The lowest BCUT2D eigenvalue weighted by Crippen LogP contribution is -2.12. The summed E-state index contributed by atoms with van der Waals surface area (Å²) in [5, 5.41) is 9.40. The average molecular weight is 591 g/mol. The molecular formula is C42H26N2O2. The van der Waals surface area contributed by atoms with Crippen LogP contribution in [0.2, 0.25) is 0 Å². The van der Waals surface area contributed by atoms with Crippen LogP contribution in [0.4, 0.5) is 0 Å². The molecule has 0 radical (unpaired) electrons. The summed E-state index contributed by atoms with van der Waals surface area (Å²) in [4.78, 5) is 0. The zero-order chi connectivity index (χ0) is 29.9. The number of hydrogen-bond donors (Lipinski definition) is 0. The van der Waals surface area contributed by atoms with Gasteiger partial charge in [-0.15, -0.1) is 0 Å². The van der Waals surface area contributed by atoms with Gasteiger partial charge in [0.1, 0.15) is 22.3 Å². The maximum Gasteiger partial charge on any atom is 0.145 e. The Bertz CT molecular complexity index is 2960. The second-order valence-corrected chi connectivity index (χ2v) is 12.4. The van der Waals surface area contributed by atoms with Gasteiger partial charge in [0.15, 0.2) is 0 Å². The highest BCUT2D eigenvalue weighted by molar-refractivity contribution is 6.25. The molecule has 0 saturated carbocycles. The van der Waals surface area contributed by atoms with Gasteiger partial charge in [0.25, 0.3) is 0 Å². The first-order chi connectivity index (χ1) is 22.8. The van der Waals surface area contributed by atoms with Crippen LogP contribution in [-0.4, -0.2) is 9.13 Å². The largest absolute Gasteiger partial charge is 0.455 e. The molecular weight excluding hydrogens is 564 g/mol. The molecule has 0 bridgehead atoms. The van der Waals surface area contributed by atoms with Crippen LogP contribution >= 0.6 is 0 Å². The van der Waals surface area contributed by atoms with E-state index in [1.165, 1.54) is 49.3 Å². The van der Waals surface area contributed by atoms with Crippen LogP contribution in [0.25, 0.3) is 93.2 Å². The fourth-order valence-electron chi connectivity index (χ4n) is 8.15. The van der Waals surface area contributed by atoms with Crippen molar-refractivity contribution in [3.63, 3.8) is 0 Å². The predicted molar refractivity (Wildman–Crippen MR) is 191 cm³/mol. The summed E-state index contributed by atoms with van der Waals surface area (Å²) in [5.74, 6) is 0. The monoisotopic (exact) mass is 590 g/mol. The van der Waals surface area contributed by atoms with Crippen LogP contribution in [0.1, 0.15) is 12.5 Å². The molecule has 6 aromatic carbocycles. The van der Waals surface area contributed by atoms with Gasteiger partial charge in [-0.25, -0.2) is 0 Å². The Balaban J connectivity index is 1.13. The Morgan fingerprint density at radius 2 is 1.02 bits per heavy atom. The summed E-state index contributed by atoms with van der Waals surface area (Å²) in [6.45, 7) is 0. The number of aromatic nitrogens is 2. The third kappa shape index (κ3) is 3.08. The van der Waals surface area contributed by atoms with Crippen LogP contribution in [0.15, 0.2) is 148 Å². The second-order valence-electron chi connectivity index (χ2n) is 12.4. The van der Waals surface area contributed by atoms with Crippen LogP contribution in [0.3, 0.4) is 0 Å². The highest BCUT2D eigenvalue weighted by atomic mass is 16.3. The summed E-state index contributed by atoms with van der Waals surface area (Å²) in [5.41, 5.74) is 9.78. The molecule has 1 atom stereocenters. The smallest absolute Gasteiger partial charge is 0.145 e. The maximum absolute atomic E-state index is 6.55. The Kier molecular flexibility index (Phi) is 4.66. The SMILES string of the molecule is C1=CC(n2c3ccccc3c3c4oc5ccccc5c4ccc32)CC(n2c3ccccc3c3c4oc5ccccc5c4ccc32)=C1. The minimum Gasteiger partial charge on any atom is -0.455 e. The van der Waals surface area contributed by atoms with Crippen molar-refractivity contribution < 1.29 is 8.83 Å². The number of nitrogens with zero attached hydrogens (tertiary/aromatic N) is 2. The summed E-state index contributed by atoms with van der Waals surface area (Å²) in [6.07, 6.45) is 7.68. The van der Waals surface area contributed by atoms with E-state index >= 15 is 0 Å². The molecule has 0 N–H and O–H groups in total. The fraction of sp³-hybridized carbons (Fsp3) is 0.0476. The Morgan fingerprint density at radius 3 is 1.72 bits per heavy atom. The van der Waals surface area contributed by atoms with Crippen molar-refractivity contribution in [2.24, 2.45) is 0 Å². The van der Waals surface area contributed by atoms with E-state index in [1.807, 2.05) is 12.1 Å². The number of furan rings is 2. The first-order valence-electron chi connectivity index (χ1n) is 15.9. The van der Waals surface area contributed by atoms with E-state index < -0.39 is 0 Å². The van der Waals surface area contributed by atoms with Crippen molar-refractivity contribution in [3.05, 3.63) is 140 Å². The van der Waals surface area contributed by atoms with Gasteiger partial charge in [-0.1, -0.05) is 84.9 Å². The molecule has 0 saturated heterocycles. The highest BCUT2D eigenvalue weighted by Crippen LogP contribution is 2.45. The molecule has 1 unspecified atom stereocenters.